The van der Waals surface area contributed by atoms with Gasteiger partial charge in [-0.25, -0.2) is 4.98 Å². The Bertz CT molecular complexity index is 827. The van der Waals surface area contributed by atoms with Gasteiger partial charge < -0.3 is 10.6 Å². The molecule has 3 nitrogen and oxygen atoms in total. The van der Waals surface area contributed by atoms with Gasteiger partial charge in [-0.2, -0.15) is 0 Å². The number of benzene rings is 2. The van der Waals surface area contributed by atoms with E-state index in [9.17, 15) is 0 Å². The molecule has 0 spiro atoms. The molecule has 0 aliphatic carbocycles. The van der Waals surface area contributed by atoms with Gasteiger partial charge in [0.15, 0.2) is 0 Å². The molecule has 3 aromatic rings. The summed E-state index contributed by atoms with van der Waals surface area (Å²) in [4.78, 5) is 7.35. The molecule has 2 N–H and O–H groups in total. The standard InChI is InChI=1S/C20H21N3/c21-19-16-10-4-5-12-18(16)22-20-17(19)11-6-7-13-23(20)14-15-8-2-1-3-9-15/h1-5,8-10,12H,6-7,11,13-14H2,(H2,21,22). The van der Waals surface area contributed by atoms with Crippen LogP contribution in [0.5, 0.6) is 0 Å². The van der Waals surface area contributed by atoms with Crippen molar-refractivity contribution in [2.24, 2.45) is 0 Å². The number of nitrogens with zero attached hydrogens (tertiary/aromatic N) is 2. The van der Waals surface area contributed by atoms with Crippen LogP contribution in [-0.2, 0) is 13.0 Å². The minimum Gasteiger partial charge on any atom is -0.398 e. The number of nitrogen functional groups attached to an aromatic ring is 1. The third kappa shape index (κ3) is 2.63. The van der Waals surface area contributed by atoms with Gasteiger partial charge in [0.1, 0.15) is 5.82 Å². The van der Waals surface area contributed by atoms with Gasteiger partial charge in [0.2, 0.25) is 0 Å². The highest BCUT2D eigenvalue weighted by Crippen LogP contribution is 2.34. The Morgan fingerprint density at radius 1 is 0.957 bits per heavy atom. The number of hydrogen-bond acceptors (Lipinski definition) is 3. The molecule has 1 aliphatic rings. The molecule has 0 fully saturated rings. The molecule has 4 rings (SSSR count). The van der Waals surface area contributed by atoms with E-state index >= 15 is 0 Å². The van der Waals surface area contributed by atoms with E-state index in [1.54, 1.807) is 0 Å². The Kier molecular flexibility index (Phi) is 3.62. The maximum Gasteiger partial charge on any atom is 0.134 e. The van der Waals surface area contributed by atoms with Gasteiger partial charge in [-0.1, -0.05) is 48.5 Å². The van der Waals surface area contributed by atoms with Crippen molar-refractivity contribution in [3.63, 3.8) is 0 Å². The van der Waals surface area contributed by atoms with E-state index in [-0.39, 0.29) is 0 Å². The SMILES string of the molecule is Nc1c2c(nc3ccccc13)N(Cc1ccccc1)CCCC2. The molecule has 0 saturated heterocycles. The summed E-state index contributed by atoms with van der Waals surface area (Å²) in [6, 6.07) is 18.8. The normalized spacial score (nSPS) is 14.5. The fourth-order valence-electron chi connectivity index (χ4n) is 3.44. The molecule has 0 saturated carbocycles. The third-order valence-electron chi connectivity index (χ3n) is 4.64. The fraction of sp³-hybridized carbons (Fsp3) is 0.250. The molecule has 0 amide bonds. The zero-order chi connectivity index (χ0) is 15.6. The summed E-state index contributed by atoms with van der Waals surface area (Å²) in [5, 5.41) is 1.08. The Morgan fingerprint density at radius 2 is 1.74 bits per heavy atom. The van der Waals surface area contributed by atoms with Gasteiger partial charge in [0.25, 0.3) is 0 Å². The zero-order valence-corrected chi connectivity index (χ0v) is 13.2. The summed E-state index contributed by atoms with van der Waals surface area (Å²) in [6.45, 7) is 1.92. The van der Waals surface area contributed by atoms with Gasteiger partial charge in [-0.3, -0.25) is 0 Å². The van der Waals surface area contributed by atoms with Gasteiger partial charge in [0, 0.05) is 29.7 Å². The van der Waals surface area contributed by atoms with Crippen LogP contribution >= 0.6 is 0 Å². The summed E-state index contributed by atoms with van der Waals surface area (Å²) in [5.74, 6) is 1.07. The second kappa shape index (κ2) is 5.92. The van der Waals surface area contributed by atoms with Crippen molar-refractivity contribution in [2.45, 2.75) is 25.8 Å². The van der Waals surface area contributed by atoms with E-state index in [1.807, 2.05) is 12.1 Å². The predicted molar refractivity (Wildman–Crippen MR) is 96.6 cm³/mol. The van der Waals surface area contributed by atoms with E-state index in [4.69, 9.17) is 10.7 Å². The highest BCUT2D eigenvalue weighted by atomic mass is 15.2. The van der Waals surface area contributed by atoms with Gasteiger partial charge >= 0.3 is 0 Å². The van der Waals surface area contributed by atoms with Crippen molar-refractivity contribution in [1.82, 2.24) is 4.98 Å². The average molecular weight is 303 g/mol. The molecule has 116 valence electrons. The second-order valence-corrected chi connectivity index (χ2v) is 6.21. The van der Waals surface area contributed by atoms with Crippen molar-refractivity contribution < 1.29 is 0 Å². The molecular weight excluding hydrogens is 282 g/mol. The van der Waals surface area contributed by atoms with Crippen molar-refractivity contribution in [3.05, 3.63) is 65.7 Å². The highest BCUT2D eigenvalue weighted by molar-refractivity contribution is 5.94. The first-order valence-corrected chi connectivity index (χ1v) is 8.29. The molecule has 0 unspecified atom stereocenters. The largest absolute Gasteiger partial charge is 0.398 e. The molecule has 1 aliphatic heterocycles. The lowest BCUT2D eigenvalue weighted by Gasteiger charge is -2.25. The molecule has 23 heavy (non-hydrogen) atoms. The number of hydrogen-bond donors (Lipinski definition) is 1. The van der Waals surface area contributed by atoms with Gasteiger partial charge in [-0.15, -0.1) is 0 Å². The molecule has 2 heterocycles. The minimum atomic E-state index is 0.888. The molecule has 0 radical (unpaired) electrons. The van der Waals surface area contributed by atoms with Crippen LogP contribution in [0.2, 0.25) is 0 Å². The van der Waals surface area contributed by atoms with Crippen LogP contribution in [0.25, 0.3) is 10.9 Å². The van der Waals surface area contributed by atoms with Crippen molar-refractivity contribution in [3.8, 4) is 0 Å². The predicted octanol–water partition coefficient (Wildman–Crippen LogP) is 4.16. The Hall–Kier alpha value is -2.55. The fourth-order valence-corrected chi connectivity index (χ4v) is 3.44. The molecule has 1 aromatic heterocycles. The minimum absolute atomic E-state index is 0.888. The maximum absolute atomic E-state index is 6.50. The van der Waals surface area contributed by atoms with Gasteiger partial charge in [0.05, 0.1) is 5.52 Å². The zero-order valence-electron chi connectivity index (χ0n) is 13.2. The van der Waals surface area contributed by atoms with Crippen LogP contribution < -0.4 is 10.6 Å². The third-order valence-corrected chi connectivity index (χ3v) is 4.64. The summed E-state index contributed by atoms with van der Waals surface area (Å²) in [6.07, 6.45) is 3.37. The van der Waals surface area contributed by atoms with Crippen molar-refractivity contribution >= 4 is 22.4 Å². The number of para-hydroxylation sites is 1. The first-order valence-electron chi connectivity index (χ1n) is 8.29. The smallest absolute Gasteiger partial charge is 0.134 e. The summed E-state index contributed by atoms with van der Waals surface area (Å²) < 4.78 is 0. The second-order valence-electron chi connectivity index (χ2n) is 6.21. The van der Waals surface area contributed by atoms with Crippen LogP contribution in [0.1, 0.15) is 24.0 Å². The molecule has 0 bridgehead atoms. The number of fused-ring (bicyclic) bond motifs is 2. The monoisotopic (exact) mass is 303 g/mol. The highest BCUT2D eigenvalue weighted by Gasteiger charge is 2.21. The number of aromatic nitrogens is 1. The lowest BCUT2D eigenvalue weighted by molar-refractivity contribution is 0.711. The topological polar surface area (TPSA) is 42.1 Å². The van der Waals surface area contributed by atoms with Crippen LogP contribution in [0, 0.1) is 0 Å². The van der Waals surface area contributed by atoms with Gasteiger partial charge in [-0.05, 0) is 30.9 Å². The van der Waals surface area contributed by atoms with Crippen LogP contribution in [0.3, 0.4) is 0 Å². The lowest BCUT2D eigenvalue weighted by atomic mass is 10.0. The maximum atomic E-state index is 6.50. The molecule has 3 heteroatoms. The molecular formula is C20H21N3. The quantitative estimate of drug-likeness (QED) is 0.773. The Morgan fingerprint density at radius 3 is 2.61 bits per heavy atom. The van der Waals surface area contributed by atoms with Crippen LogP contribution in [0.4, 0.5) is 11.5 Å². The summed E-state index contributed by atoms with van der Waals surface area (Å²) in [7, 11) is 0. The summed E-state index contributed by atoms with van der Waals surface area (Å²) >= 11 is 0. The van der Waals surface area contributed by atoms with E-state index in [2.05, 4.69) is 47.4 Å². The first kappa shape index (κ1) is 14.1. The van der Waals surface area contributed by atoms with Crippen LogP contribution in [0.15, 0.2) is 54.6 Å². The number of pyridine rings is 1. The Labute approximate surface area is 136 Å². The first-order chi connectivity index (χ1) is 11.3. The van der Waals surface area contributed by atoms with E-state index in [1.165, 1.54) is 24.0 Å². The molecule has 0 atom stereocenters. The van der Waals surface area contributed by atoms with E-state index in [0.29, 0.717) is 0 Å². The average Bonchev–Trinajstić information content (AvgIpc) is 2.79. The van der Waals surface area contributed by atoms with Crippen molar-refractivity contribution in [2.75, 3.05) is 17.2 Å². The summed E-state index contributed by atoms with van der Waals surface area (Å²) in [5.41, 5.74) is 10.9. The number of rotatable bonds is 2. The van der Waals surface area contributed by atoms with Crippen LogP contribution in [-0.4, -0.2) is 11.5 Å². The number of nitrogens with two attached hydrogens (primary N) is 1. The number of anilines is 2. The van der Waals surface area contributed by atoms with E-state index in [0.717, 1.165) is 41.9 Å². The Balaban J connectivity index is 1.82. The van der Waals surface area contributed by atoms with E-state index < -0.39 is 0 Å². The molecule has 2 aromatic carbocycles. The lowest BCUT2D eigenvalue weighted by Crippen LogP contribution is -2.25. The van der Waals surface area contributed by atoms with Crippen molar-refractivity contribution in [1.29, 1.82) is 0 Å².